The molecule has 0 unspecified atom stereocenters. The van der Waals surface area contributed by atoms with Crippen LogP contribution in [-0.4, -0.2) is 68.8 Å². The number of carbonyl (C=O) groups is 2. The summed E-state index contributed by atoms with van der Waals surface area (Å²) in [4.78, 5) is 38.8. The maximum Gasteiger partial charge on any atom is 0.343 e. The minimum absolute atomic E-state index is 0.0589. The summed E-state index contributed by atoms with van der Waals surface area (Å²) in [6.07, 6.45) is 0.805. The Bertz CT molecular complexity index is 579. The maximum absolute atomic E-state index is 12.1. The molecular weight excluding hydrogens is 318 g/mol. The van der Waals surface area contributed by atoms with Crippen molar-refractivity contribution in [2.24, 2.45) is 0 Å². The van der Waals surface area contributed by atoms with E-state index in [-0.39, 0.29) is 29.8 Å². The van der Waals surface area contributed by atoms with Crippen molar-refractivity contribution >= 4 is 23.6 Å². The van der Waals surface area contributed by atoms with Crippen molar-refractivity contribution in [3.8, 4) is 0 Å². The van der Waals surface area contributed by atoms with Crippen molar-refractivity contribution in [1.82, 2.24) is 24.6 Å². The van der Waals surface area contributed by atoms with Gasteiger partial charge in [-0.3, -0.25) is 14.2 Å². The van der Waals surface area contributed by atoms with Crippen molar-refractivity contribution in [1.29, 1.82) is 0 Å². The molecule has 0 aliphatic heterocycles. The van der Waals surface area contributed by atoms with Crippen molar-refractivity contribution in [2.45, 2.75) is 38.9 Å². The highest BCUT2D eigenvalue weighted by molar-refractivity contribution is 7.99. The third-order valence-electron chi connectivity index (χ3n) is 3.41. The summed E-state index contributed by atoms with van der Waals surface area (Å²) in [6, 6.07) is 0. The first-order chi connectivity index (χ1) is 10.9. The molecule has 130 valence electrons. The lowest BCUT2D eigenvalue weighted by Crippen LogP contribution is -2.41. The number of hydrogen-bond donors (Lipinski definition) is 1. The molecule has 1 aromatic rings. The third kappa shape index (κ3) is 5.42. The summed E-state index contributed by atoms with van der Waals surface area (Å²) in [5.41, 5.74) is -0.271. The van der Waals surface area contributed by atoms with E-state index in [0.717, 1.165) is 6.42 Å². The predicted octanol–water partition coefficient (Wildman–Crippen LogP) is 0.400. The molecule has 0 saturated heterocycles. The molecule has 8 nitrogen and oxygen atoms in total. The monoisotopic (exact) mass is 343 g/mol. The normalized spacial score (nSPS) is 10.6. The van der Waals surface area contributed by atoms with E-state index in [1.165, 1.54) is 21.2 Å². The van der Waals surface area contributed by atoms with Crippen LogP contribution in [0.5, 0.6) is 0 Å². The molecule has 0 saturated carbocycles. The average Bonchev–Trinajstić information content (AvgIpc) is 2.87. The number of aromatic nitrogens is 3. The van der Waals surface area contributed by atoms with Gasteiger partial charge in [0.15, 0.2) is 5.16 Å². The number of likely N-dealkylation sites (N-methyl/N-ethyl adjacent to an activating group) is 2. The minimum atomic E-state index is -0.271. The fourth-order valence-corrected chi connectivity index (χ4v) is 2.95. The molecule has 0 aromatic carbocycles. The quantitative estimate of drug-likeness (QED) is 0.655. The maximum atomic E-state index is 12.1. The first-order valence-electron chi connectivity index (χ1n) is 7.74. The Labute approximate surface area is 140 Å². The van der Waals surface area contributed by atoms with Gasteiger partial charge in [0, 0.05) is 26.7 Å². The Morgan fingerprint density at radius 2 is 1.87 bits per heavy atom. The van der Waals surface area contributed by atoms with E-state index in [9.17, 15) is 14.4 Å². The molecule has 2 amide bonds. The molecule has 1 N–H and O–H groups in total. The number of nitrogens with one attached hydrogen (secondary N) is 1. The van der Waals surface area contributed by atoms with Crippen LogP contribution in [-0.2, 0) is 16.1 Å². The number of nitrogens with zero attached hydrogens (tertiary/aromatic N) is 4. The lowest BCUT2D eigenvalue weighted by Gasteiger charge is -2.23. The SMILES string of the molecule is CCCn1c(SCC(=O)N(C)CC(=O)N(CC)CC)n[nH]c1=O. The topological polar surface area (TPSA) is 91.3 Å². The minimum Gasteiger partial charge on any atom is -0.342 e. The van der Waals surface area contributed by atoms with Crippen LogP contribution in [0, 0.1) is 0 Å². The number of carbonyl (C=O) groups excluding carboxylic acids is 2. The van der Waals surface area contributed by atoms with Gasteiger partial charge in [-0.1, -0.05) is 18.7 Å². The van der Waals surface area contributed by atoms with Gasteiger partial charge >= 0.3 is 5.69 Å². The zero-order valence-corrected chi connectivity index (χ0v) is 15.0. The molecule has 23 heavy (non-hydrogen) atoms. The number of thioether (sulfide) groups is 1. The Morgan fingerprint density at radius 1 is 1.22 bits per heavy atom. The van der Waals surface area contributed by atoms with Crippen LogP contribution in [0.3, 0.4) is 0 Å². The lowest BCUT2D eigenvalue weighted by atomic mass is 10.4. The van der Waals surface area contributed by atoms with Crippen molar-refractivity contribution < 1.29 is 9.59 Å². The van der Waals surface area contributed by atoms with E-state index in [1.54, 1.807) is 11.9 Å². The Morgan fingerprint density at radius 3 is 2.43 bits per heavy atom. The summed E-state index contributed by atoms with van der Waals surface area (Å²) in [7, 11) is 1.61. The van der Waals surface area contributed by atoms with Crippen LogP contribution in [0.4, 0.5) is 0 Å². The number of amides is 2. The highest BCUT2D eigenvalue weighted by atomic mass is 32.2. The number of aromatic amines is 1. The standard InChI is InChI=1S/C14H25N5O3S/c1-5-8-19-13(22)15-16-14(19)23-10-12(21)17(4)9-11(20)18(6-2)7-3/h5-10H2,1-4H3,(H,15,22). The molecule has 0 atom stereocenters. The molecule has 1 aromatic heterocycles. The number of hydrogen-bond acceptors (Lipinski definition) is 5. The van der Waals surface area contributed by atoms with Crippen LogP contribution in [0.15, 0.2) is 9.95 Å². The van der Waals surface area contributed by atoms with E-state index < -0.39 is 0 Å². The van der Waals surface area contributed by atoms with Gasteiger partial charge in [0.2, 0.25) is 11.8 Å². The van der Waals surface area contributed by atoms with Crippen molar-refractivity contribution in [3.05, 3.63) is 10.5 Å². The second-order valence-electron chi connectivity index (χ2n) is 5.07. The molecule has 0 radical (unpaired) electrons. The fraction of sp³-hybridized carbons (Fsp3) is 0.714. The zero-order chi connectivity index (χ0) is 17.4. The van der Waals surface area contributed by atoms with Gasteiger partial charge in [-0.05, 0) is 20.3 Å². The second kappa shape index (κ2) is 9.39. The summed E-state index contributed by atoms with van der Waals surface area (Å²) in [5, 5.41) is 6.81. The second-order valence-corrected chi connectivity index (χ2v) is 6.01. The fourth-order valence-electron chi connectivity index (χ4n) is 2.04. The first-order valence-corrected chi connectivity index (χ1v) is 8.72. The summed E-state index contributed by atoms with van der Waals surface area (Å²) < 4.78 is 1.51. The van der Waals surface area contributed by atoms with Gasteiger partial charge in [-0.2, -0.15) is 0 Å². The number of H-pyrrole nitrogens is 1. The first kappa shape index (κ1) is 19.3. The highest BCUT2D eigenvalue weighted by Gasteiger charge is 2.18. The van der Waals surface area contributed by atoms with Crippen LogP contribution >= 0.6 is 11.8 Å². The molecule has 0 fully saturated rings. The molecule has 9 heteroatoms. The Balaban J connectivity index is 2.56. The third-order valence-corrected chi connectivity index (χ3v) is 4.37. The van der Waals surface area contributed by atoms with Gasteiger partial charge in [-0.15, -0.1) is 5.10 Å². The molecule has 0 aliphatic rings. The average molecular weight is 343 g/mol. The van der Waals surface area contributed by atoms with Gasteiger partial charge in [0.05, 0.1) is 12.3 Å². The molecule has 0 bridgehead atoms. The van der Waals surface area contributed by atoms with Crippen LogP contribution < -0.4 is 5.69 Å². The van der Waals surface area contributed by atoms with Gasteiger partial charge < -0.3 is 9.80 Å². The van der Waals surface area contributed by atoms with Crippen molar-refractivity contribution in [2.75, 3.05) is 32.4 Å². The molecule has 0 spiro atoms. The Hall–Kier alpha value is -1.77. The van der Waals surface area contributed by atoms with Crippen molar-refractivity contribution in [3.63, 3.8) is 0 Å². The summed E-state index contributed by atoms with van der Waals surface area (Å²) >= 11 is 1.20. The zero-order valence-electron chi connectivity index (χ0n) is 14.2. The van der Waals surface area contributed by atoms with Crippen LogP contribution in [0.2, 0.25) is 0 Å². The molecule has 1 heterocycles. The molecule has 1 rings (SSSR count). The van der Waals surface area contributed by atoms with Crippen LogP contribution in [0.1, 0.15) is 27.2 Å². The van der Waals surface area contributed by atoms with Gasteiger partial charge in [-0.25, -0.2) is 9.89 Å². The largest absolute Gasteiger partial charge is 0.343 e. The van der Waals surface area contributed by atoms with Gasteiger partial charge in [0.1, 0.15) is 0 Å². The van der Waals surface area contributed by atoms with E-state index in [2.05, 4.69) is 10.2 Å². The van der Waals surface area contributed by atoms with E-state index >= 15 is 0 Å². The Kier molecular flexibility index (Phi) is 7.87. The van der Waals surface area contributed by atoms with E-state index in [0.29, 0.717) is 24.8 Å². The molecule has 0 aliphatic carbocycles. The highest BCUT2D eigenvalue weighted by Crippen LogP contribution is 2.14. The number of rotatable bonds is 9. The predicted molar refractivity (Wildman–Crippen MR) is 89.4 cm³/mol. The summed E-state index contributed by atoms with van der Waals surface area (Å²) in [5.74, 6) is -0.108. The van der Waals surface area contributed by atoms with E-state index in [1.807, 2.05) is 20.8 Å². The van der Waals surface area contributed by atoms with Gasteiger partial charge in [0.25, 0.3) is 0 Å². The van der Waals surface area contributed by atoms with E-state index in [4.69, 9.17) is 0 Å². The lowest BCUT2D eigenvalue weighted by molar-refractivity contribution is -0.137. The molecular formula is C14H25N5O3S. The smallest absolute Gasteiger partial charge is 0.342 e. The van der Waals surface area contributed by atoms with Crippen LogP contribution in [0.25, 0.3) is 0 Å². The summed E-state index contributed by atoms with van der Waals surface area (Å²) in [6.45, 7) is 7.65.